The zero-order chi connectivity index (χ0) is 15.6. The van der Waals surface area contributed by atoms with Crippen molar-refractivity contribution in [1.82, 2.24) is 0 Å². The molecule has 0 aliphatic rings. The lowest BCUT2D eigenvalue weighted by atomic mass is 10.1. The van der Waals surface area contributed by atoms with Gasteiger partial charge in [-0.3, -0.25) is 0 Å². The summed E-state index contributed by atoms with van der Waals surface area (Å²) in [7, 11) is 0. The van der Waals surface area contributed by atoms with Crippen LogP contribution in [0.5, 0.6) is 0 Å². The van der Waals surface area contributed by atoms with Gasteiger partial charge in [-0.15, -0.1) is 0 Å². The van der Waals surface area contributed by atoms with Crippen molar-refractivity contribution in [1.29, 1.82) is 0 Å². The highest BCUT2D eigenvalue weighted by Crippen LogP contribution is 2.24. The molecule has 2 rings (SSSR count). The van der Waals surface area contributed by atoms with Crippen molar-refractivity contribution in [3.8, 4) is 0 Å². The molecule has 0 bridgehead atoms. The molecular formula is C16H11F5. The van der Waals surface area contributed by atoms with Gasteiger partial charge in [-0.05, 0) is 23.6 Å². The number of halogens is 5. The fourth-order valence-corrected chi connectivity index (χ4v) is 1.81. The summed E-state index contributed by atoms with van der Waals surface area (Å²) in [6, 6.07) is 7.03. The van der Waals surface area contributed by atoms with E-state index in [1.54, 1.807) is 12.1 Å². The molecule has 110 valence electrons. The van der Waals surface area contributed by atoms with Crippen molar-refractivity contribution in [3.05, 3.63) is 70.0 Å². The maximum absolute atomic E-state index is 13.5. The number of benzene rings is 2. The van der Waals surface area contributed by atoms with Gasteiger partial charge in [0.1, 0.15) is 0 Å². The van der Waals surface area contributed by atoms with Crippen LogP contribution in [-0.2, 0) is 6.42 Å². The summed E-state index contributed by atoms with van der Waals surface area (Å²) in [6.45, 7) is 1.97. The van der Waals surface area contributed by atoms with Crippen LogP contribution in [0.4, 0.5) is 22.0 Å². The molecule has 0 saturated carbocycles. The monoisotopic (exact) mass is 298 g/mol. The number of rotatable bonds is 3. The van der Waals surface area contributed by atoms with Gasteiger partial charge in [-0.1, -0.05) is 37.3 Å². The number of aryl methyl sites for hydroxylation is 1. The second-order valence-electron chi connectivity index (χ2n) is 4.41. The molecule has 0 spiro atoms. The van der Waals surface area contributed by atoms with E-state index in [1.807, 2.05) is 19.1 Å². The molecule has 0 atom stereocenters. The van der Waals surface area contributed by atoms with Crippen molar-refractivity contribution in [2.45, 2.75) is 13.3 Å². The fourth-order valence-electron chi connectivity index (χ4n) is 1.81. The molecule has 2 aromatic rings. The lowest BCUT2D eigenvalue weighted by molar-refractivity contribution is 0.377. The van der Waals surface area contributed by atoms with Crippen molar-refractivity contribution in [3.63, 3.8) is 0 Å². The number of hydrogen-bond acceptors (Lipinski definition) is 0. The van der Waals surface area contributed by atoms with E-state index in [2.05, 4.69) is 0 Å². The molecule has 0 radical (unpaired) electrons. The lowest BCUT2D eigenvalue weighted by Crippen LogP contribution is -2.03. The standard InChI is InChI=1S/C16H11F5/c1-2-9-3-5-10(6-4-9)7-8-11-12(17)14(19)16(21)15(20)13(11)18/h3-8H,2H2,1H3/b8-7+. The van der Waals surface area contributed by atoms with Gasteiger partial charge in [-0.2, -0.15) is 0 Å². The first-order chi connectivity index (χ1) is 9.95. The van der Waals surface area contributed by atoms with Crippen LogP contribution in [0.15, 0.2) is 24.3 Å². The maximum Gasteiger partial charge on any atom is 0.200 e. The van der Waals surface area contributed by atoms with Gasteiger partial charge < -0.3 is 0 Å². The van der Waals surface area contributed by atoms with E-state index >= 15 is 0 Å². The summed E-state index contributed by atoms with van der Waals surface area (Å²) in [4.78, 5) is 0. The predicted octanol–water partition coefficient (Wildman–Crippen LogP) is 5.11. The van der Waals surface area contributed by atoms with E-state index in [0.29, 0.717) is 5.56 Å². The van der Waals surface area contributed by atoms with Gasteiger partial charge >= 0.3 is 0 Å². The Morgan fingerprint density at radius 3 is 1.67 bits per heavy atom. The minimum absolute atomic E-state index is 0.594. The first-order valence-electron chi connectivity index (χ1n) is 6.24. The van der Waals surface area contributed by atoms with Crippen LogP contribution in [0.2, 0.25) is 0 Å². The van der Waals surface area contributed by atoms with Gasteiger partial charge in [-0.25, -0.2) is 22.0 Å². The van der Waals surface area contributed by atoms with Gasteiger partial charge in [0.05, 0.1) is 5.56 Å². The van der Waals surface area contributed by atoms with Crippen molar-refractivity contribution in [2.24, 2.45) is 0 Å². The minimum Gasteiger partial charge on any atom is -0.203 e. The molecular weight excluding hydrogens is 287 g/mol. The third-order valence-corrected chi connectivity index (χ3v) is 3.07. The highest BCUT2D eigenvalue weighted by Gasteiger charge is 2.24. The largest absolute Gasteiger partial charge is 0.203 e. The normalized spacial score (nSPS) is 11.3. The van der Waals surface area contributed by atoms with Gasteiger partial charge in [0.25, 0.3) is 0 Å². The fraction of sp³-hybridized carbons (Fsp3) is 0.125. The summed E-state index contributed by atoms with van der Waals surface area (Å²) in [5.41, 5.74) is 0.713. The summed E-state index contributed by atoms with van der Waals surface area (Å²) >= 11 is 0. The Balaban J connectivity index is 2.41. The highest BCUT2D eigenvalue weighted by atomic mass is 19.2. The van der Waals surface area contributed by atoms with Crippen LogP contribution in [-0.4, -0.2) is 0 Å². The molecule has 0 saturated heterocycles. The van der Waals surface area contributed by atoms with E-state index in [9.17, 15) is 22.0 Å². The van der Waals surface area contributed by atoms with Crippen LogP contribution >= 0.6 is 0 Å². The van der Waals surface area contributed by atoms with Gasteiger partial charge in [0.2, 0.25) is 5.82 Å². The first kappa shape index (κ1) is 15.2. The van der Waals surface area contributed by atoms with E-state index in [0.717, 1.165) is 18.1 Å². The zero-order valence-electron chi connectivity index (χ0n) is 11.1. The third-order valence-electron chi connectivity index (χ3n) is 3.07. The smallest absolute Gasteiger partial charge is 0.200 e. The quantitative estimate of drug-likeness (QED) is 0.319. The molecule has 2 aromatic carbocycles. The average Bonchev–Trinajstić information content (AvgIpc) is 2.51. The molecule has 0 heterocycles. The molecule has 0 N–H and O–H groups in total. The van der Waals surface area contributed by atoms with Crippen LogP contribution in [0.3, 0.4) is 0 Å². The zero-order valence-corrected chi connectivity index (χ0v) is 11.1. The van der Waals surface area contributed by atoms with E-state index in [-0.39, 0.29) is 0 Å². The minimum atomic E-state index is -2.16. The van der Waals surface area contributed by atoms with Crippen molar-refractivity contribution >= 4 is 12.2 Å². The van der Waals surface area contributed by atoms with Crippen molar-refractivity contribution in [2.75, 3.05) is 0 Å². The molecule has 0 aromatic heterocycles. The Bertz CT molecular complexity index is 658. The Hall–Kier alpha value is -2.17. The molecule has 0 aliphatic carbocycles. The van der Waals surface area contributed by atoms with Crippen LogP contribution in [0.1, 0.15) is 23.6 Å². The second kappa shape index (κ2) is 6.08. The summed E-state index contributed by atoms with van der Waals surface area (Å²) in [6.07, 6.45) is 3.00. The summed E-state index contributed by atoms with van der Waals surface area (Å²) in [5.74, 6) is -9.74. The lowest BCUT2D eigenvalue weighted by Gasteiger charge is -2.04. The second-order valence-corrected chi connectivity index (χ2v) is 4.41. The van der Waals surface area contributed by atoms with Crippen molar-refractivity contribution < 1.29 is 22.0 Å². The molecule has 0 aliphatic heterocycles. The average molecular weight is 298 g/mol. The van der Waals surface area contributed by atoms with Crippen LogP contribution < -0.4 is 0 Å². The van der Waals surface area contributed by atoms with Gasteiger partial charge in [0.15, 0.2) is 23.3 Å². The van der Waals surface area contributed by atoms with E-state index in [4.69, 9.17) is 0 Å². The topological polar surface area (TPSA) is 0 Å². The third kappa shape index (κ3) is 2.96. The Morgan fingerprint density at radius 2 is 1.19 bits per heavy atom. The predicted molar refractivity (Wildman–Crippen MR) is 71.0 cm³/mol. The Kier molecular flexibility index (Phi) is 4.40. The summed E-state index contributed by atoms with van der Waals surface area (Å²) in [5, 5.41) is 0. The molecule has 0 fully saturated rings. The SMILES string of the molecule is CCc1ccc(/C=C/c2c(F)c(F)c(F)c(F)c2F)cc1. The number of hydrogen-bond donors (Lipinski definition) is 0. The summed E-state index contributed by atoms with van der Waals surface area (Å²) < 4.78 is 65.9. The van der Waals surface area contributed by atoms with Crippen LogP contribution in [0, 0.1) is 29.1 Å². The maximum atomic E-state index is 13.5. The van der Waals surface area contributed by atoms with Gasteiger partial charge in [0, 0.05) is 0 Å². The molecule has 5 heteroatoms. The molecule has 0 amide bonds. The Labute approximate surface area is 118 Å². The van der Waals surface area contributed by atoms with E-state index in [1.165, 1.54) is 6.08 Å². The molecule has 0 nitrogen and oxygen atoms in total. The first-order valence-corrected chi connectivity index (χ1v) is 6.24. The van der Waals surface area contributed by atoms with Crippen LogP contribution in [0.25, 0.3) is 12.2 Å². The Morgan fingerprint density at radius 1 is 0.714 bits per heavy atom. The highest BCUT2D eigenvalue weighted by molar-refractivity contribution is 5.70. The molecule has 0 unspecified atom stereocenters. The molecule has 21 heavy (non-hydrogen) atoms. The van der Waals surface area contributed by atoms with E-state index < -0.39 is 34.6 Å².